The summed E-state index contributed by atoms with van der Waals surface area (Å²) in [5, 5.41) is 0. The molecule has 184 valence electrons. The van der Waals surface area contributed by atoms with Gasteiger partial charge in [0.05, 0.1) is 18.5 Å². The molecule has 6 N–H and O–H groups in total. The van der Waals surface area contributed by atoms with Crippen molar-refractivity contribution >= 4 is 72.2 Å². The van der Waals surface area contributed by atoms with Crippen LogP contribution in [-0.2, 0) is 31.6 Å². The normalized spacial score (nSPS) is 24.1. The highest BCUT2D eigenvalue weighted by Crippen LogP contribution is 2.68. The first kappa shape index (κ1) is 26.9. The molecular weight excluding hydrogens is 643 g/mol. The van der Waals surface area contributed by atoms with E-state index in [0.29, 0.717) is 0 Å². The van der Waals surface area contributed by atoms with E-state index in [1.54, 1.807) is 16.7 Å². The van der Waals surface area contributed by atoms with Gasteiger partial charge in [-0.25, -0.2) is 18.4 Å². The number of fused-ring (bicyclic) bond motifs is 1. The monoisotopic (exact) mass is 657 g/mol. The summed E-state index contributed by atoms with van der Waals surface area (Å²) in [6, 6.07) is -0.390. The molecule has 0 fully saturated rings. The predicted octanol–water partition coefficient (Wildman–Crippen LogP) is 2.05. The number of halogens is 2. The number of aromatic amines is 1. The van der Waals surface area contributed by atoms with Crippen LogP contribution in [0.1, 0.15) is 12.5 Å². The molecule has 0 saturated carbocycles. The molecular formula is C12H16Br2N5O11P3. The standard InChI is InChI=1S/C12H16Br2N5O11P3/c13-11(14)28-32(23,24)30-33(25,26)29-31(21,22)5-27-7-2-1-6(3-7)19-4-16-8-9(19)17-12(15)18-10(8)20/h1-2,4,6-7,11H,3,5H2,(H,21,22)(H,23,24)(H,25,26)(H3,15,17,18,20)/t6-,7+/m1/s1. The van der Waals surface area contributed by atoms with Crippen LogP contribution in [0.15, 0.2) is 23.3 Å². The molecule has 0 aliphatic heterocycles. The summed E-state index contributed by atoms with van der Waals surface area (Å²) in [6.45, 7) is 0. The molecule has 0 aromatic carbocycles. The van der Waals surface area contributed by atoms with Crippen molar-refractivity contribution in [2.45, 2.75) is 22.5 Å². The van der Waals surface area contributed by atoms with Gasteiger partial charge in [0, 0.05) is 6.42 Å². The number of rotatable bonds is 10. The lowest BCUT2D eigenvalue weighted by atomic mass is 10.2. The highest BCUT2D eigenvalue weighted by molar-refractivity contribution is 9.24. The van der Waals surface area contributed by atoms with Gasteiger partial charge in [-0.1, -0.05) is 12.2 Å². The number of phosphoric ester groups is 1. The largest absolute Gasteiger partial charge is 0.488 e. The number of imidazole rings is 1. The molecule has 2 aromatic rings. The maximum absolute atomic E-state index is 12.1. The van der Waals surface area contributed by atoms with Crippen molar-refractivity contribution < 1.29 is 46.3 Å². The van der Waals surface area contributed by atoms with Crippen molar-refractivity contribution in [1.29, 1.82) is 0 Å². The number of nitrogens with zero attached hydrogens (tertiary/aromatic N) is 3. The quantitative estimate of drug-likeness (QED) is 0.139. The van der Waals surface area contributed by atoms with E-state index >= 15 is 0 Å². The smallest absolute Gasteiger partial charge is 0.369 e. The van der Waals surface area contributed by atoms with Gasteiger partial charge in [0.2, 0.25) is 5.95 Å². The van der Waals surface area contributed by atoms with E-state index in [9.17, 15) is 33.2 Å². The molecule has 3 unspecified atom stereocenters. The van der Waals surface area contributed by atoms with Crippen LogP contribution < -0.4 is 11.3 Å². The van der Waals surface area contributed by atoms with Gasteiger partial charge in [0.15, 0.2) is 15.1 Å². The zero-order valence-electron chi connectivity index (χ0n) is 16.0. The van der Waals surface area contributed by atoms with E-state index in [1.165, 1.54) is 6.33 Å². The van der Waals surface area contributed by atoms with Crippen LogP contribution in [0.5, 0.6) is 0 Å². The minimum Gasteiger partial charge on any atom is -0.369 e. The van der Waals surface area contributed by atoms with E-state index < -0.39 is 45.2 Å². The van der Waals surface area contributed by atoms with Crippen molar-refractivity contribution in [3.63, 3.8) is 0 Å². The number of phosphoric acid groups is 2. The first-order chi connectivity index (χ1) is 15.2. The van der Waals surface area contributed by atoms with Crippen molar-refractivity contribution in [1.82, 2.24) is 19.5 Å². The molecule has 5 atom stereocenters. The lowest BCUT2D eigenvalue weighted by molar-refractivity contribution is 0.101. The maximum Gasteiger partial charge on any atom is 0.488 e. The third kappa shape index (κ3) is 7.37. The topological polar surface area (TPSA) is 238 Å². The minimum absolute atomic E-state index is 0.0743. The Morgan fingerprint density at radius 2 is 1.91 bits per heavy atom. The lowest BCUT2D eigenvalue weighted by Gasteiger charge is -2.20. The SMILES string of the molecule is Nc1nc2c(ncn2[C@@H]2C=C[C@H](OCP(=O)(O)OP(=O)(O)OP(=O)(O)OC(Br)Br)C2)c(=O)[nH]1. The number of alkyl halides is 2. The molecule has 1 aliphatic rings. The van der Waals surface area contributed by atoms with Crippen LogP contribution in [-0.4, -0.2) is 50.6 Å². The van der Waals surface area contributed by atoms with Gasteiger partial charge in [0.1, 0.15) is 6.35 Å². The highest BCUT2D eigenvalue weighted by atomic mass is 79.9. The molecule has 0 saturated heterocycles. The Morgan fingerprint density at radius 3 is 2.58 bits per heavy atom. The molecule has 0 radical (unpaired) electrons. The fourth-order valence-electron chi connectivity index (χ4n) is 2.80. The summed E-state index contributed by atoms with van der Waals surface area (Å²) >= 11 is 5.38. The number of nitrogens with one attached hydrogen (secondary N) is 1. The zero-order chi connectivity index (χ0) is 24.6. The summed E-state index contributed by atoms with van der Waals surface area (Å²) in [7, 11) is -15.5. The number of aromatic nitrogens is 4. The Labute approximate surface area is 201 Å². The molecule has 3 rings (SSSR count). The van der Waals surface area contributed by atoms with Crippen LogP contribution in [0.2, 0.25) is 0 Å². The van der Waals surface area contributed by atoms with Gasteiger partial charge in [0.25, 0.3) is 5.56 Å². The molecule has 2 heterocycles. The van der Waals surface area contributed by atoms with Crippen LogP contribution in [0.4, 0.5) is 5.95 Å². The molecule has 0 amide bonds. The van der Waals surface area contributed by atoms with E-state index in [1.807, 2.05) is 0 Å². The maximum atomic E-state index is 12.1. The Hall–Kier alpha value is -0.740. The van der Waals surface area contributed by atoms with Crippen LogP contribution in [0, 0.1) is 0 Å². The lowest BCUT2D eigenvalue weighted by Crippen LogP contribution is -2.15. The van der Waals surface area contributed by atoms with E-state index in [4.69, 9.17) is 10.5 Å². The first-order valence-corrected chi connectivity index (χ1v) is 15.1. The number of allylic oxidation sites excluding steroid dienone is 1. The van der Waals surface area contributed by atoms with Crippen molar-refractivity contribution in [3.8, 4) is 0 Å². The van der Waals surface area contributed by atoms with Crippen LogP contribution >= 0.6 is 55.1 Å². The summed E-state index contributed by atoms with van der Waals surface area (Å²) in [5.74, 6) is -0.0985. The number of nitrogens with two attached hydrogens (primary N) is 1. The second-order valence-electron chi connectivity index (χ2n) is 6.40. The van der Waals surface area contributed by atoms with Gasteiger partial charge in [-0.3, -0.25) is 18.9 Å². The number of H-pyrrole nitrogens is 1. The molecule has 1 aliphatic carbocycles. The Balaban J connectivity index is 1.59. The number of hydrogen-bond acceptors (Lipinski definition) is 11. The number of ether oxygens (including phenoxy) is 1. The van der Waals surface area contributed by atoms with E-state index in [-0.39, 0.29) is 29.6 Å². The second kappa shape index (κ2) is 10.1. The summed E-state index contributed by atoms with van der Waals surface area (Å²) in [4.78, 5) is 50.9. The van der Waals surface area contributed by atoms with Crippen molar-refractivity contribution in [2.75, 3.05) is 12.1 Å². The molecule has 21 heteroatoms. The molecule has 2 aromatic heterocycles. The summed E-state index contributed by atoms with van der Waals surface area (Å²) < 4.78 is 53.4. The van der Waals surface area contributed by atoms with E-state index in [2.05, 4.69) is 60.0 Å². The second-order valence-corrected chi connectivity index (χ2v) is 14.2. The van der Waals surface area contributed by atoms with Gasteiger partial charge in [-0.15, -0.1) is 0 Å². The van der Waals surface area contributed by atoms with Gasteiger partial charge < -0.3 is 29.7 Å². The summed E-state index contributed by atoms with van der Waals surface area (Å²) in [5.41, 5.74) is 5.35. The van der Waals surface area contributed by atoms with Gasteiger partial charge in [-0.05, 0) is 31.9 Å². The molecule has 33 heavy (non-hydrogen) atoms. The molecule has 0 spiro atoms. The van der Waals surface area contributed by atoms with Gasteiger partial charge >= 0.3 is 23.2 Å². The van der Waals surface area contributed by atoms with Gasteiger partial charge in [-0.2, -0.15) is 9.29 Å². The highest BCUT2D eigenvalue weighted by Gasteiger charge is 2.42. The van der Waals surface area contributed by atoms with Crippen LogP contribution in [0.3, 0.4) is 0 Å². The minimum atomic E-state index is -5.50. The third-order valence-corrected chi connectivity index (χ3v) is 9.33. The average molecular weight is 659 g/mol. The Morgan fingerprint density at radius 1 is 1.21 bits per heavy atom. The number of hydrogen-bond donors (Lipinski definition) is 5. The van der Waals surface area contributed by atoms with E-state index in [0.717, 1.165) is 0 Å². The Bertz CT molecular complexity index is 1270. The molecule has 16 nitrogen and oxygen atoms in total. The summed E-state index contributed by atoms with van der Waals surface area (Å²) in [6.07, 6.45) is 3.04. The van der Waals surface area contributed by atoms with Crippen molar-refractivity contribution in [2.24, 2.45) is 0 Å². The Kier molecular flexibility index (Phi) is 8.21. The fraction of sp³-hybridized carbons (Fsp3) is 0.417. The number of nitrogen functional groups attached to an aromatic ring is 1. The van der Waals surface area contributed by atoms with Crippen LogP contribution in [0.25, 0.3) is 11.2 Å². The molecule has 0 bridgehead atoms. The third-order valence-electron chi connectivity index (χ3n) is 3.93. The van der Waals surface area contributed by atoms with Crippen molar-refractivity contribution in [3.05, 3.63) is 28.8 Å². The fourth-order valence-corrected chi connectivity index (χ4v) is 7.71. The number of anilines is 1. The first-order valence-electron chi connectivity index (χ1n) is 8.55. The predicted molar refractivity (Wildman–Crippen MR) is 119 cm³/mol. The average Bonchev–Trinajstić information content (AvgIpc) is 3.23. The zero-order valence-corrected chi connectivity index (χ0v) is 21.9.